The van der Waals surface area contributed by atoms with E-state index in [4.69, 9.17) is 4.74 Å². The second-order valence-corrected chi connectivity index (χ2v) is 6.85. The molecule has 0 atom stereocenters. The van der Waals surface area contributed by atoms with Crippen molar-refractivity contribution >= 4 is 27.5 Å². The van der Waals surface area contributed by atoms with Crippen LogP contribution in [0.1, 0.15) is 15.9 Å². The zero-order valence-electron chi connectivity index (χ0n) is 13.7. The Morgan fingerprint density at radius 3 is 2.33 bits per heavy atom. The first-order valence-corrected chi connectivity index (χ1v) is 8.85. The number of carbonyl (C=O) groups excluding carboxylic acids is 1. The van der Waals surface area contributed by atoms with Crippen molar-refractivity contribution in [2.75, 3.05) is 38.3 Å². The number of carbonyl (C=O) groups is 1. The second-order valence-electron chi connectivity index (χ2n) is 5.93. The highest BCUT2D eigenvalue weighted by Gasteiger charge is 2.14. The molecule has 3 rings (SSSR count). The number of ether oxygens (including phenoxy) is 1. The molecule has 0 saturated carbocycles. The van der Waals surface area contributed by atoms with Crippen LogP contribution in [0.4, 0.5) is 5.69 Å². The molecule has 5 heteroatoms. The fraction of sp³-hybridized carbons (Fsp3) is 0.316. The quantitative estimate of drug-likeness (QED) is 0.802. The Labute approximate surface area is 151 Å². The molecule has 0 aliphatic carbocycles. The summed E-state index contributed by atoms with van der Waals surface area (Å²) >= 11 is 3.42. The molecule has 1 saturated heterocycles. The van der Waals surface area contributed by atoms with Crippen molar-refractivity contribution < 1.29 is 9.53 Å². The van der Waals surface area contributed by atoms with Crippen LogP contribution < -0.4 is 4.90 Å². The van der Waals surface area contributed by atoms with Crippen molar-refractivity contribution in [2.45, 2.75) is 6.54 Å². The number of morpholine rings is 1. The first kappa shape index (κ1) is 17.0. The summed E-state index contributed by atoms with van der Waals surface area (Å²) < 4.78 is 6.41. The Morgan fingerprint density at radius 1 is 1.08 bits per heavy atom. The van der Waals surface area contributed by atoms with Crippen molar-refractivity contribution in [1.82, 2.24) is 4.90 Å². The molecule has 1 aliphatic heterocycles. The third-order valence-corrected chi connectivity index (χ3v) is 4.70. The fourth-order valence-electron chi connectivity index (χ4n) is 2.79. The maximum absolute atomic E-state index is 12.6. The Bertz CT molecular complexity index is 680. The summed E-state index contributed by atoms with van der Waals surface area (Å²) in [5.74, 6) is 0.0337. The Hall–Kier alpha value is -1.85. The van der Waals surface area contributed by atoms with Crippen LogP contribution in [0.25, 0.3) is 0 Å². The lowest BCUT2D eigenvalue weighted by atomic mass is 10.1. The molecule has 0 N–H and O–H groups in total. The van der Waals surface area contributed by atoms with Crippen molar-refractivity contribution in [3.8, 4) is 0 Å². The number of nitrogens with zero attached hydrogens (tertiary/aromatic N) is 2. The third kappa shape index (κ3) is 4.16. The lowest BCUT2D eigenvalue weighted by Crippen LogP contribution is -2.36. The number of anilines is 1. The van der Waals surface area contributed by atoms with E-state index < -0.39 is 0 Å². The minimum Gasteiger partial charge on any atom is -0.378 e. The van der Waals surface area contributed by atoms with Crippen LogP contribution in [0.3, 0.4) is 0 Å². The van der Waals surface area contributed by atoms with Gasteiger partial charge in [-0.3, -0.25) is 4.79 Å². The number of rotatable bonds is 4. The van der Waals surface area contributed by atoms with Gasteiger partial charge in [0.25, 0.3) is 5.91 Å². The summed E-state index contributed by atoms with van der Waals surface area (Å²) in [5.41, 5.74) is 2.97. The van der Waals surface area contributed by atoms with Gasteiger partial charge in [0, 0.05) is 42.4 Å². The van der Waals surface area contributed by atoms with Crippen LogP contribution in [-0.4, -0.2) is 44.2 Å². The third-order valence-electron chi connectivity index (χ3n) is 4.17. The molecule has 0 aromatic heterocycles. The average molecular weight is 389 g/mol. The van der Waals surface area contributed by atoms with E-state index in [2.05, 4.69) is 20.8 Å². The first-order valence-electron chi connectivity index (χ1n) is 8.06. The van der Waals surface area contributed by atoms with Gasteiger partial charge in [0.05, 0.1) is 13.2 Å². The number of hydrogen-bond acceptors (Lipinski definition) is 3. The number of halogens is 1. The van der Waals surface area contributed by atoms with E-state index in [0.717, 1.165) is 42.0 Å². The van der Waals surface area contributed by atoms with E-state index in [1.54, 1.807) is 4.90 Å². The van der Waals surface area contributed by atoms with Gasteiger partial charge in [0.2, 0.25) is 0 Å². The van der Waals surface area contributed by atoms with Crippen LogP contribution in [0.2, 0.25) is 0 Å². The van der Waals surface area contributed by atoms with Gasteiger partial charge < -0.3 is 14.5 Å². The van der Waals surface area contributed by atoms with Crippen molar-refractivity contribution in [1.29, 1.82) is 0 Å². The van der Waals surface area contributed by atoms with E-state index in [0.29, 0.717) is 12.1 Å². The van der Waals surface area contributed by atoms with E-state index in [1.165, 1.54) is 0 Å². The smallest absolute Gasteiger partial charge is 0.253 e. The molecule has 1 aliphatic rings. The molecule has 1 amide bonds. The average Bonchev–Trinajstić information content (AvgIpc) is 2.64. The normalized spacial score (nSPS) is 14.5. The fourth-order valence-corrected chi connectivity index (χ4v) is 3.06. The topological polar surface area (TPSA) is 32.8 Å². The highest BCUT2D eigenvalue weighted by Crippen LogP contribution is 2.18. The Kier molecular flexibility index (Phi) is 5.53. The molecular weight excluding hydrogens is 368 g/mol. The predicted molar refractivity (Wildman–Crippen MR) is 99.4 cm³/mol. The summed E-state index contributed by atoms with van der Waals surface area (Å²) in [5, 5.41) is 0. The van der Waals surface area contributed by atoms with Gasteiger partial charge in [0.15, 0.2) is 0 Å². The predicted octanol–water partition coefficient (Wildman–Crippen LogP) is 3.56. The summed E-state index contributed by atoms with van der Waals surface area (Å²) in [4.78, 5) is 16.6. The van der Waals surface area contributed by atoms with E-state index in [9.17, 15) is 4.79 Å². The molecule has 24 heavy (non-hydrogen) atoms. The lowest BCUT2D eigenvalue weighted by molar-refractivity contribution is 0.0785. The number of benzene rings is 2. The molecule has 1 fully saturated rings. The van der Waals surface area contributed by atoms with Gasteiger partial charge in [-0.05, 0) is 42.0 Å². The molecular formula is C19H21BrN2O2. The molecule has 1 heterocycles. The SMILES string of the molecule is CN(Cc1ccc(Br)cc1)C(=O)c1ccc(N2CCOCC2)cc1. The van der Waals surface area contributed by atoms with Gasteiger partial charge >= 0.3 is 0 Å². The minimum absolute atomic E-state index is 0.0337. The molecule has 4 nitrogen and oxygen atoms in total. The standard InChI is InChI=1S/C19H21BrN2O2/c1-21(14-15-2-6-17(20)7-3-15)19(23)16-4-8-18(9-5-16)22-10-12-24-13-11-22/h2-9H,10-14H2,1H3. The highest BCUT2D eigenvalue weighted by atomic mass is 79.9. The van der Waals surface area contributed by atoms with Gasteiger partial charge in [-0.1, -0.05) is 28.1 Å². The molecule has 0 bridgehead atoms. The maximum Gasteiger partial charge on any atom is 0.253 e. The van der Waals surface area contributed by atoms with Crippen LogP contribution in [0, 0.1) is 0 Å². The van der Waals surface area contributed by atoms with Crippen LogP contribution >= 0.6 is 15.9 Å². The molecule has 126 valence electrons. The molecule has 0 radical (unpaired) electrons. The number of hydrogen-bond donors (Lipinski definition) is 0. The van der Waals surface area contributed by atoms with Gasteiger partial charge in [-0.15, -0.1) is 0 Å². The van der Waals surface area contributed by atoms with Gasteiger partial charge in [0.1, 0.15) is 0 Å². The van der Waals surface area contributed by atoms with E-state index in [1.807, 2.05) is 55.6 Å². The maximum atomic E-state index is 12.6. The van der Waals surface area contributed by atoms with Crippen LogP contribution in [-0.2, 0) is 11.3 Å². The molecule has 2 aromatic rings. The van der Waals surface area contributed by atoms with Crippen molar-refractivity contribution in [3.63, 3.8) is 0 Å². The largest absolute Gasteiger partial charge is 0.378 e. The zero-order valence-corrected chi connectivity index (χ0v) is 15.3. The Morgan fingerprint density at radius 2 is 1.71 bits per heavy atom. The summed E-state index contributed by atoms with van der Waals surface area (Å²) in [6, 6.07) is 15.9. The number of amides is 1. The molecule has 0 spiro atoms. The molecule has 0 unspecified atom stereocenters. The van der Waals surface area contributed by atoms with E-state index >= 15 is 0 Å². The zero-order chi connectivity index (χ0) is 16.9. The second kappa shape index (κ2) is 7.81. The van der Waals surface area contributed by atoms with Crippen LogP contribution in [0.5, 0.6) is 0 Å². The minimum atomic E-state index is 0.0337. The van der Waals surface area contributed by atoms with Gasteiger partial charge in [-0.2, -0.15) is 0 Å². The highest BCUT2D eigenvalue weighted by molar-refractivity contribution is 9.10. The summed E-state index contributed by atoms with van der Waals surface area (Å²) in [6.45, 7) is 3.91. The molecule has 2 aromatic carbocycles. The van der Waals surface area contributed by atoms with E-state index in [-0.39, 0.29) is 5.91 Å². The summed E-state index contributed by atoms with van der Waals surface area (Å²) in [6.07, 6.45) is 0. The monoisotopic (exact) mass is 388 g/mol. The van der Waals surface area contributed by atoms with Crippen molar-refractivity contribution in [3.05, 3.63) is 64.1 Å². The summed E-state index contributed by atoms with van der Waals surface area (Å²) in [7, 11) is 1.83. The van der Waals surface area contributed by atoms with Gasteiger partial charge in [-0.25, -0.2) is 0 Å². The van der Waals surface area contributed by atoms with Crippen molar-refractivity contribution in [2.24, 2.45) is 0 Å². The Balaban J connectivity index is 1.64. The van der Waals surface area contributed by atoms with Crippen LogP contribution in [0.15, 0.2) is 53.0 Å². The lowest BCUT2D eigenvalue weighted by Gasteiger charge is -2.29. The first-order chi connectivity index (χ1) is 11.6.